The van der Waals surface area contributed by atoms with Crippen LogP contribution in [0.2, 0.25) is 0 Å². The Morgan fingerprint density at radius 3 is 0.615 bits per heavy atom. The van der Waals surface area contributed by atoms with E-state index in [9.17, 15) is 0 Å². The summed E-state index contributed by atoms with van der Waals surface area (Å²) in [6.45, 7) is 0. The van der Waals surface area contributed by atoms with E-state index in [1.54, 1.807) is 0 Å². The molecule has 9 heteroatoms. The molecule has 0 unspecified atom stereocenters. The van der Waals surface area contributed by atoms with E-state index in [4.69, 9.17) is 39.6 Å². The molecule has 0 aliphatic heterocycles. The van der Waals surface area contributed by atoms with E-state index in [0.717, 1.165) is 0 Å². The Hall–Kier alpha value is -1.25. The monoisotopic (exact) mass is 356 g/mol. The van der Waals surface area contributed by atoms with Gasteiger partial charge in [-0.3, -0.25) is 0 Å². The number of carbonyl (C=O) groups excluding carboxylic acids is 4. The van der Waals surface area contributed by atoms with E-state index in [1.807, 2.05) is 0 Å². The molecule has 0 aromatic carbocycles. The molecule has 0 aromatic heterocycles. The minimum absolute atomic E-state index is 0. The summed E-state index contributed by atoms with van der Waals surface area (Å²) in [6.07, 6.45) is 0. The van der Waals surface area contributed by atoms with Gasteiger partial charge in [0, 0.05) is 0 Å². The van der Waals surface area contributed by atoms with Crippen LogP contribution in [0.1, 0.15) is 0 Å². The smallest absolute Gasteiger partial charge is 0.543 e. The van der Waals surface area contributed by atoms with Crippen molar-refractivity contribution in [1.82, 2.24) is 0 Å². The summed E-state index contributed by atoms with van der Waals surface area (Å²) in [4.78, 5) is 35.7. The molecule has 0 radical (unpaired) electrons. The maximum atomic E-state index is 8.93. The molecule has 0 aliphatic rings. The minimum Gasteiger partial charge on any atom is -0.543 e. The molecular weight excluding hydrogens is 355 g/mol. The Morgan fingerprint density at radius 1 is 0.538 bits per heavy atom. The third-order valence-corrected chi connectivity index (χ3v) is 0.333. The largest absolute Gasteiger partial charge is 4.00 e. The van der Waals surface area contributed by atoms with Crippen LogP contribution in [-0.2, 0) is 45.0 Å². The first-order chi connectivity index (χ1) is 5.29. The van der Waals surface area contributed by atoms with Gasteiger partial charge in [-0.25, -0.2) is 0 Å². The van der Waals surface area contributed by atoms with Crippen LogP contribution >= 0.6 is 0 Å². The summed E-state index contributed by atoms with van der Waals surface area (Å²) in [7, 11) is 0. The summed E-state index contributed by atoms with van der Waals surface area (Å²) >= 11 is 0. The van der Waals surface area contributed by atoms with Crippen LogP contribution in [0, 0.1) is 0 Å². The molecule has 0 N–H and O–H groups in total. The molecule has 0 amide bonds. The third-order valence-electron chi connectivity index (χ3n) is 0.333. The van der Waals surface area contributed by atoms with Crippen molar-refractivity contribution in [3.63, 3.8) is 0 Å². The van der Waals surface area contributed by atoms with Crippen LogP contribution in [0.25, 0.3) is 0 Å². The fourth-order valence-corrected chi connectivity index (χ4v) is 0. The maximum Gasteiger partial charge on any atom is 4.00 e. The third kappa shape index (κ3) is 18.1. The molecule has 0 bridgehead atoms. The number of aliphatic carboxylic acids is 4. The number of carboxylic acids is 4. The molecule has 0 aromatic rings. The minimum atomic E-state index is -2.19. The van der Waals surface area contributed by atoms with Gasteiger partial charge in [-0.05, 0) is 0 Å². The Balaban J connectivity index is -0.000000143. The Morgan fingerprint density at radius 2 is 0.615 bits per heavy atom. The van der Waals surface area contributed by atoms with Gasteiger partial charge in [-0.1, -0.05) is 0 Å². The van der Waals surface area contributed by atoms with Gasteiger partial charge in [0.05, 0.1) is 23.9 Å². The van der Waals surface area contributed by atoms with Gasteiger partial charge in [0.25, 0.3) is 0 Å². The summed E-state index contributed by atoms with van der Waals surface area (Å²) in [5, 5.41) is 35.7. The number of hydrogen-bond donors (Lipinski definition) is 0. The maximum absolute atomic E-state index is 8.93. The van der Waals surface area contributed by atoms with Crippen LogP contribution in [0.4, 0.5) is 0 Å². The van der Waals surface area contributed by atoms with Crippen molar-refractivity contribution in [3.8, 4) is 0 Å². The van der Waals surface area contributed by atoms with Gasteiger partial charge in [-0.15, -0.1) is 0 Å². The number of carboxylic acid groups (broad SMARTS) is 4. The van der Waals surface area contributed by atoms with Crippen LogP contribution < -0.4 is 20.4 Å². The van der Waals surface area contributed by atoms with Crippen molar-refractivity contribution in [3.05, 3.63) is 0 Å². The van der Waals surface area contributed by atoms with Crippen molar-refractivity contribution in [1.29, 1.82) is 0 Å². The van der Waals surface area contributed by atoms with Gasteiger partial charge in [0.1, 0.15) is 0 Å². The zero-order valence-electron chi connectivity index (χ0n) is 5.77. The van der Waals surface area contributed by atoms with E-state index in [-0.39, 0.29) is 25.8 Å². The van der Waals surface area contributed by atoms with Crippen molar-refractivity contribution in [2.75, 3.05) is 0 Å². The van der Waals surface area contributed by atoms with Crippen LogP contribution in [-0.4, -0.2) is 23.9 Å². The number of carbonyl (C=O) groups is 4. The normalized spacial score (nSPS) is 6.77. The fourth-order valence-electron chi connectivity index (χ4n) is 0. The van der Waals surface area contributed by atoms with Gasteiger partial charge >= 0.3 is 25.8 Å². The van der Waals surface area contributed by atoms with E-state index < -0.39 is 23.9 Å². The fraction of sp³-hybridized carbons (Fsp3) is 0. The van der Waals surface area contributed by atoms with Gasteiger partial charge in [0.15, 0.2) is 0 Å². The Bertz CT molecular complexity index is 172. The van der Waals surface area contributed by atoms with Gasteiger partial charge < -0.3 is 39.6 Å². The molecule has 0 fully saturated rings. The Labute approximate surface area is 89.6 Å². The topological polar surface area (TPSA) is 161 Å². The van der Waals surface area contributed by atoms with E-state index >= 15 is 0 Å². The van der Waals surface area contributed by atoms with E-state index in [1.165, 1.54) is 0 Å². The molecule has 13 heavy (non-hydrogen) atoms. The summed E-state index contributed by atoms with van der Waals surface area (Å²) in [5.41, 5.74) is 0. The van der Waals surface area contributed by atoms with Crippen molar-refractivity contribution >= 4 is 23.9 Å². The van der Waals surface area contributed by atoms with Gasteiger partial charge in [0.2, 0.25) is 0 Å². The van der Waals surface area contributed by atoms with Crippen LogP contribution in [0.5, 0.6) is 0 Å². The van der Waals surface area contributed by atoms with E-state index in [0.29, 0.717) is 0 Å². The first kappa shape index (κ1) is 17.7. The van der Waals surface area contributed by atoms with Crippen LogP contribution in [0.15, 0.2) is 0 Å². The SMILES string of the molecule is O=C([O-])C(=O)[O-].O=C([O-])C(=O)[O-].[Hf+4]. The second-order valence-corrected chi connectivity index (χ2v) is 1.15. The quantitative estimate of drug-likeness (QED) is 0.306. The van der Waals surface area contributed by atoms with E-state index in [2.05, 4.69) is 0 Å². The standard InChI is InChI=1S/2C2H2O4.Hf/c2*3-1(4)2(5)6;/h2*(H,3,4)(H,5,6);/q;;+4/p-4. The van der Waals surface area contributed by atoms with Crippen LogP contribution in [0.3, 0.4) is 0 Å². The zero-order chi connectivity index (χ0) is 10.3. The first-order valence-electron chi connectivity index (χ1n) is 2.13. The Kier molecular flexibility index (Phi) is 12.1. The van der Waals surface area contributed by atoms with Gasteiger partial charge in [-0.2, -0.15) is 0 Å². The second-order valence-electron chi connectivity index (χ2n) is 1.15. The summed E-state index contributed by atoms with van der Waals surface area (Å²) in [6, 6.07) is 0. The zero-order valence-corrected chi connectivity index (χ0v) is 9.36. The summed E-state index contributed by atoms with van der Waals surface area (Å²) in [5.74, 6) is -8.74. The molecule has 0 spiro atoms. The number of hydrogen-bond acceptors (Lipinski definition) is 8. The molecule has 8 nitrogen and oxygen atoms in total. The predicted molar refractivity (Wildman–Crippen MR) is 20.0 cm³/mol. The first-order valence-corrected chi connectivity index (χ1v) is 2.13. The van der Waals surface area contributed by atoms with Crippen molar-refractivity contribution in [2.45, 2.75) is 0 Å². The average molecular weight is 355 g/mol. The molecular formula is C4HfO8. The van der Waals surface area contributed by atoms with Crippen molar-refractivity contribution < 1.29 is 65.4 Å². The number of rotatable bonds is 0. The second kappa shape index (κ2) is 8.84. The molecule has 0 atom stereocenters. The molecule has 0 rings (SSSR count). The average Bonchev–Trinajstić information content (AvgIpc) is 1.88. The molecule has 0 aliphatic carbocycles. The molecule has 0 heterocycles. The predicted octanol–water partition coefficient (Wildman–Crippen LogP) is -7.03. The van der Waals surface area contributed by atoms with Crippen molar-refractivity contribution in [2.24, 2.45) is 0 Å². The molecule has 0 saturated carbocycles. The summed E-state index contributed by atoms with van der Waals surface area (Å²) < 4.78 is 0. The molecule has 68 valence electrons. The molecule has 0 saturated heterocycles.